The van der Waals surface area contributed by atoms with Gasteiger partial charge in [-0.25, -0.2) is 8.42 Å². The summed E-state index contributed by atoms with van der Waals surface area (Å²) >= 11 is 0. The second-order valence-electron chi connectivity index (χ2n) is 5.43. The van der Waals surface area contributed by atoms with Crippen LogP contribution in [0.25, 0.3) is 10.8 Å². The normalized spacial score (nSPS) is 11.4. The Morgan fingerprint density at radius 1 is 0.955 bits per heavy atom. The van der Waals surface area contributed by atoms with Crippen molar-refractivity contribution in [2.45, 2.75) is 50.3 Å². The Kier molecular flexibility index (Phi) is 8.78. The van der Waals surface area contributed by atoms with Gasteiger partial charge in [0.15, 0.2) is 0 Å². The zero-order valence-electron chi connectivity index (χ0n) is 13.3. The quantitative estimate of drug-likeness (QED) is 0.432. The summed E-state index contributed by atoms with van der Waals surface area (Å²) in [6.07, 6.45) is 6.16. The maximum atomic E-state index is 11.5. The fourth-order valence-electron chi connectivity index (χ4n) is 2.61. The molecule has 2 aromatic rings. The molecule has 114 valence electrons. The molecule has 0 N–H and O–H groups in total. The molecule has 0 unspecified atom stereocenters. The molecule has 0 heterocycles. The minimum atomic E-state index is -4.42. The van der Waals surface area contributed by atoms with Crippen LogP contribution in [0.3, 0.4) is 0 Å². The van der Waals surface area contributed by atoms with Crippen molar-refractivity contribution in [3.05, 3.63) is 42.0 Å². The first-order valence-corrected chi connectivity index (χ1v) is 8.91. The zero-order valence-corrected chi connectivity index (χ0v) is 17.3. The van der Waals surface area contributed by atoms with Gasteiger partial charge in [-0.2, -0.15) is 0 Å². The SMILES string of the molecule is CCCCCCCc1cc2ccccc2cc1S(=O)(=O)[O-].[K+]. The number of aryl methyl sites for hydroxylation is 1. The summed E-state index contributed by atoms with van der Waals surface area (Å²) in [5, 5.41) is 1.77. The maximum Gasteiger partial charge on any atom is 1.00 e. The van der Waals surface area contributed by atoms with Crippen molar-refractivity contribution in [1.29, 1.82) is 0 Å². The van der Waals surface area contributed by atoms with Crippen LogP contribution in [0, 0.1) is 0 Å². The van der Waals surface area contributed by atoms with Gasteiger partial charge in [0.1, 0.15) is 10.1 Å². The second kappa shape index (κ2) is 9.52. The van der Waals surface area contributed by atoms with E-state index in [2.05, 4.69) is 6.92 Å². The smallest absolute Gasteiger partial charge is 0.744 e. The van der Waals surface area contributed by atoms with Crippen LogP contribution in [0.5, 0.6) is 0 Å². The molecule has 3 nitrogen and oxygen atoms in total. The summed E-state index contributed by atoms with van der Waals surface area (Å²) in [5.74, 6) is 0. The summed E-state index contributed by atoms with van der Waals surface area (Å²) < 4.78 is 34.4. The standard InChI is InChI=1S/C17H22O3S.K/c1-2-3-4-5-6-11-16-12-14-9-7-8-10-15(14)13-17(16)21(18,19)20;/h7-10,12-13H,2-6,11H2,1H3,(H,18,19,20);/q;+1/p-1. The topological polar surface area (TPSA) is 57.2 Å². The molecule has 0 aliphatic heterocycles. The van der Waals surface area contributed by atoms with Crippen LogP contribution in [-0.4, -0.2) is 13.0 Å². The molecule has 0 bridgehead atoms. The molecule has 0 aliphatic rings. The zero-order chi connectivity index (χ0) is 15.3. The van der Waals surface area contributed by atoms with Crippen molar-refractivity contribution >= 4 is 20.9 Å². The van der Waals surface area contributed by atoms with Crippen LogP contribution in [0.4, 0.5) is 0 Å². The molecule has 2 rings (SSSR count). The van der Waals surface area contributed by atoms with Crippen LogP contribution in [0.1, 0.15) is 44.6 Å². The van der Waals surface area contributed by atoms with Crippen molar-refractivity contribution < 1.29 is 64.4 Å². The average Bonchev–Trinajstić information content (AvgIpc) is 2.45. The summed E-state index contributed by atoms with van der Waals surface area (Å²) in [6, 6.07) is 10.9. The Morgan fingerprint density at radius 2 is 1.55 bits per heavy atom. The first kappa shape index (κ1) is 20.3. The fraction of sp³-hybridized carbons (Fsp3) is 0.412. The summed E-state index contributed by atoms with van der Waals surface area (Å²) in [6.45, 7) is 2.16. The third-order valence-corrected chi connectivity index (χ3v) is 4.67. The van der Waals surface area contributed by atoms with E-state index in [-0.39, 0.29) is 56.3 Å². The predicted molar refractivity (Wildman–Crippen MR) is 84.4 cm³/mol. The van der Waals surface area contributed by atoms with Crippen LogP contribution >= 0.6 is 0 Å². The molecule has 0 saturated carbocycles. The monoisotopic (exact) mass is 344 g/mol. The molecular weight excluding hydrogens is 323 g/mol. The number of unbranched alkanes of at least 4 members (excludes halogenated alkanes) is 4. The Morgan fingerprint density at radius 3 is 2.14 bits per heavy atom. The van der Waals surface area contributed by atoms with E-state index < -0.39 is 10.1 Å². The van der Waals surface area contributed by atoms with Gasteiger partial charge in [0.2, 0.25) is 0 Å². The van der Waals surface area contributed by atoms with Crippen LogP contribution < -0.4 is 51.4 Å². The Hall–Kier alpha value is 0.246. The molecule has 0 spiro atoms. The van der Waals surface area contributed by atoms with Crippen molar-refractivity contribution in [2.75, 3.05) is 0 Å². The molecule has 5 heteroatoms. The third kappa shape index (κ3) is 5.71. The van der Waals surface area contributed by atoms with Gasteiger partial charge in [-0.15, -0.1) is 0 Å². The molecule has 0 fully saturated rings. The first-order chi connectivity index (χ1) is 10.0. The van der Waals surface area contributed by atoms with Gasteiger partial charge in [-0.1, -0.05) is 56.9 Å². The van der Waals surface area contributed by atoms with E-state index in [0.717, 1.165) is 30.0 Å². The van der Waals surface area contributed by atoms with Gasteiger partial charge in [0, 0.05) is 0 Å². The Labute approximate surface area is 175 Å². The molecule has 0 saturated heterocycles. The van der Waals surface area contributed by atoms with Gasteiger partial charge in [0.05, 0.1) is 4.90 Å². The molecule has 0 radical (unpaired) electrons. The average molecular weight is 345 g/mol. The van der Waals surface area contributed by atoms with Crippen molar-refractivity contribution in [2.24, 2.45) is 0 Å². The van der Waals surface area contributed by atoms with Crippen LogP contribution in [0.15, 0.2) is 41.3 Å². The first-order valence-electron chi connectivity index (χ1n) is 7.50. The number of hydrogen-bond acceptors (Lipinski definition) is 3. The van der Waals surface area contributed by atoms with E-state index in [1.165, 1.54) is 18.9 Å². The summed E-state index contributed by atoms with van der Waals surface area (Å²) in [4.78, 5) is -0.0586. The molecule has 0 atom stereocenters. The van der Waals surface area contributed by atoms with Gasteiger partial charge >= 0.3 is 51.4 Å². The van der Waals surface area contributed by atoms with E-state index in [4.69, 9.17) is 0 Å². The molecular formula is C17H21KO3S. The van der Waals surface area contributed by atoms with E-state index in [1.807, 2.05) is 30.3 Å². The van der Waals surface area contributed by atoms with E-state index >= 15 is 0 Å². The Balaban J connectivity index is 0.00000242. The molecule has 22 heavy (non-hydrogen) atoms. The summed E-state index contributed by atoms with van der Waals surface area (Å²) in [7, 11) is -4.42. The molecule has 2 aromatic carbocycles. The predicted octanol–water partition coefficient (Wildman–Crippen LogP) is 1.26. The fourth-order valence-corrected chi connectivity index (χ4v) is 3.37. The second-order valence-corrected chi connectivity index (χ2v) is 6.77. The van der Waals surface area contributed by atoms with E-state index in [9.17, 15) is 13.0 Å². The number of benzene rings is 2. The van der Waals surface area contributed by atoms with Crippen molar-refractivity contribution in [1.82, 2.24) is 0 Å². The maximum absolute atomic E-state index is 11.5. The van der Waals surface area contributed by atoms with Crippen LogP contribution in [0.2, 0.25) is 0 Å². The number of fused-ring (bicyclic) bond motifs is 1. The Bertz CT molecular complexity index is 711. The summed E-state index contributed by atoms with van der Waals surface area (Å²) in [5.41, 5.74) is 0.653. The molecule has 0 aliphatic carbocycles. The number of rotatable bonds is 7. The third-order valence-electron chi connectivity index (χ3n) is 3.75. The van der Waals surface area contributed by atoms with Gasteiger partial charge < -0.3 is 4.55 Å². The van der Waals surface area contributed by atoms with E-state index in [1.54, 1.807) is 0 Å². The minimum Gasteiger partial charge on any atom is -0.744 e. The minimum absolute atomic E-state index is 0. The van der Waals surface area contributed by atoms with Gasteiger partial charge in [0.25, 0.3) is 0 Å². The largest absolute Gasteiger partial charge is 1.00 e. The van der Waals surface area contributed by atoms with Crippen molar-refractivity contribution in [3.8, 4) is 0 Å². The van der Waals surface area contributed by atoms with E-state index in [0.29, 0.717) is 12.0 Å². The molecule has 0 aromatic heterocycles. The van der Waals surface area contributed by atoms with Gasteiger partial charge in [-0.3, -0.25) is 0 Å². The van der Waals surface area contributed by atoms with Crippen LogP contribution in [-0.2, 0) is 16.5 Å². The van der Waals surface area contributed by atoms with Gasteiger partial charge in [-0.05, 0) is 41.3 Å². The molecule has 0 amide bonds. The van der Waals surface area contributed by atoms with Crippen molar-refractivity contribution in [3.63, 3.8) is 0 Å². The number of hydrogen-bond donors (Lipinski definition) is 0.